The van der Waals surface area contributed by atoms with Crippen LogP contribution in [0.15, 0.2) is 30.3 Å². The molecule has 0 spiro atoms. The van der Waals surface area contributed by atoms with Crippen LogP contribution in [-0.4, -0.2) is 4.98 Å². The minimum Gasteiger partial charge on any atom is -0.239 e. The molecule has 0 atom stereocenters. The molecule has 1 heterocycles. The number of pyridine rings is 1. The van der Waals surface area contributed by atoms with Gasteiger partial charge in [-0.1, -0.05) is 41.9 Å². The van der Waals surface area contributed by atoms with E-state index in [4.69, 9.17) is 16.9 Å². The maximum atomic E-state index is 9.25. The van der Waals surface area contributed by atoms with E-state index in [2.05, 4.69) is 4.98 Å². The topological polar surface area (TPSA) is 60.5 Å². The van der Waals surface area contributed by atoms with Crippen molar-refractivity contribution in [3.63, 3.8) is 0 Å². The first kappa shape index (κ1) is 12.1. The van der Waals surface area contributed by atoms with Gasteiger partial charge in [0.05, 0.1) is 5.56 Å². The second kappa shape index (κ2) is 4.87. The lowest BCUT2D eigenvalue weighted by molar-refractivity contribution is 1.18. The Morgan fingerprint density at radius 1 is 1.06 bits per heavy atom. The zero-order chi connectivity index (χ0) is 13.1. The van der Waals surface area contributed by atoms with E-state index in [1.54, 1.807) is 6.92 Å². The Balaban J connectivity index is 2.85. The molecule has 18 heavy (non-hydrogen) atoms. The van der Waals surface area contributed by atoms with Gasteiger partial charge in [0, 0.05) is 11.3 Å². The summed E-state index contributed by atoms with van der Waals surface area (Å²) in [6, 6.07) is 13.4. The molecule has 0 radical (unpaired) electrons. The smallest absolute Gasteiger partial charge is 0.148 e. The first-order valence-corrected chi connectivity index (χ1v) is 5.62. The van der Waals surface area contributed by atoms with E-state index in [0.717, 1.165) is 5.56 Å². The summed E-state index contributed by atoms with van der Waals surface area (Å²) in [7, 11) is 0. The van der Waals surface area contributed by atoms with Gasteiger partial charge >= 0.3 is 0 Å². The predicted octanol–water partition coefficient (Wildman–Crippen LogP) is 3.45. The predicted molar refractivity (Wildman–Crippen MR) is 68.9 cm³/mol. The van der Waals surface area contributed by atoms with Crippen molar-refractivity contribution in [1.29, 1.82) is 10.5 Å². The van der Waals surface area contributed by atoms with E-state index in [1.807, 2.05) is 42.5 Å². The molecule has 0 bridgehead atoms. The number of aryl methyl sites for hydroxylation is 1. The molecule has 0 aliphatic carbocycles. The zero-order valence-corrected chi connectivity index (χ0v) is 10.4. The van der Waals surface area contributed by atoms with E-state index in [9.17, 15) is 5.26 Å². The second-order valence-electron chi connectivity index (χ2n) is 3.70. The van der Waals surface area contributed by atoms with Crippen molar-refractivity contribution >= 4 is 11.6 Å². The van der Waals surface area contributed by atoms with E-state index in [0.29, 0.717) is 11.3 Å². The molecule has 2 aromatic rings. The lowest BCUT2D eigenvalue weighted by Gasteiger charge is -2.10. The van der Waals surface area contributed by atoms with Gasteiger partial charge in [-0.15, -0.1) is 0 Å². The summed E-state index contributed by atoms with van der Waals surface area (Å²) in [5.41, 5.74) is 2.57. The van der Waals surface area contributed by atoms with Crippen LogP contribution in [0, 0.1) is 29.6 Å². The van der Waals surface area contributed by atoms with Crippen molar-refractivity contribution in [1.82, 2.24) is 4.98 Å². The first-order valence-electron chi connectivity index (χ1n) is 5.24. The molecule has 4 heteroatoms. The number of benzene rings is 1. The number of rotatable bonds is 1. The highest BCUT2D eigenvalue weighted by Gasteiger charge is 2.17. The molecule has 0 fully saturated rings. The number of halogens is 1. The van der Waals surface area contributed by atoms with Gasteiger partial charge in [0.1, 0.15) is 22.9 Å². The second-order valence-corrected chi connectivity index (χ2v) is 4.06. The summed E-state index contributed by atoms with van der Waals surface area (Å²) in [6.07, 6.45) is 0. The standard InChI is InChI=1S/C14H8ClN3/c1-9-13(10-5-3-2-4-6-10)11(7-16)12(8-17)14(15)18-9/h2-6H,1H3. The average molecular weight is 254 g/mol. The number of aromatic nitrogens is 1. The molecule has 0 saturated carbocycles. The van der Waals surface area contributed by atoms with Crippen molar-refractivity contribution in [3.8, 4) is 23.3 Å². The Morgan fingerprint density at radius 2 is 1.67 bits per heavy atom. The Hall–Kier alpha value is -2.36. The average Bonchev–Trinajstić information content (AvgIpc) is 2.38. The molecular weight excluding hydrogens is 246 g/mol. The van der Waals surface area contributed by atoms with Gasteiger partial charge in [-0.2, -0.15) is 10.5 Å². The molecule has 86 valence electrons. The molecule has 0 N–H and O–H groups in total. The van der Waals surface area contributed by atoms with Crippen LogP contribution < -0.4 is 0 Å². The van der Waals surface area contributed by atoms with Crippen molar-refractivity contribution in [2.24, 2.45) is 0 Å². The van der Waals surface area contributed by atoms with Crippen LogP contribution in [0.2, 0.25) is 5.15 Å². The summed E-state index contributed by atoms with van der Waals surface area (Å²) in [4.78, 5) is 4.12. The maximum Gasteiger partial charge on any atom is 0.148 e. The number of nitrogens with zero attached hydrogens (tertiary/aromatic N) is 3. The maximum absolute atomic E-state index is 9.25. The van der Waals surface area contributed by atoms with Crippen LogP contribution in [0.25, 0.3) is 11.1 Å². The molecular formula is C14H8ClN3. The van der Waals surface area contributed by atoms with Crippen LogP contribution in [-0.2, 0) is 0 Å². The van der Waals surface area contributed by atoms with Crippen LogP contribution in [0.3, 0.4) is 0 Å². The summed E-state index contributed by atoms with van der Waals surface area (Å²) < 4.78 is 0. The Bertz CT molecular complexity index is 679. The SMILES string of the molecule is Cc1nc(Cl)c(C#N)c(C#N)c1-c1ccccc1. The fourth-order valence-electron chi connectivity index (χ4n) is 1.84. The third-order valence-corrected chi connectivity index (χ3v) is 2.89. The highest BCUT2D eigenvalue weighted by Crippen LogP contribution is 2.31. The zero-order valence-electron chi connectivity index (χ0n) is 9.61. The molecule has 0 saturated heterocycles. The summed E-state index contributed by atoms with van der Waals surface area (Å²) in [6.45, 7) is 1.77. The Kier molecular flexibility index (Phi) is 3.28. The van der Waals surface area contributed by atoms with E-state index in [1.165, 1.54) is 0 Å². The van der Waals surface area contributed by atoms with E-state index < -0.39 is 0 Å². The summed E-state index contributed by atoms with van der Waals surface area (Å²) >= 11 is 5.89. The Morgan fingerprint density at radius 3 is 2.22 bits per heavy atom. The van der Waals surface area contributed by atoms with Gasteiger partial charge in [0.25, 0.3) is 0 Å². The van der Waals surface area contributed by atoms with Gasteiger partial charge in [-0.05, 0) is 12.5 Å². The minimum absolute atomic E-state index is 0.0752. The van der Waals surface area contributed by atoms with E-state index >= 15 is 0 Å². The van der Waals surface area contributed by atoms with Gasteiger partial charge in [-0.25, -0.2) is 4.98 Å². The molecule has 1 aromatic heterocycles. The van der Waals surface area contributed by atoms with Gasteiger partial charge in [-0.3, -0.25) is 0 Å². The van der Waals surface area contributed by atoms with Crippen LogP contribution in [0.1, 0.15) is 16.8 Å². The molecule has 0 aliphatic heterocycles. The number of hydrogen-bond donors (Lipinski definition) is 0. The molecule has 0 amide bonds. The first-order chi connectivity index (χ1) is 8.69. The number of nitriles is 2. The minimum atomic E-state index is 0.0752. The number of hydrogen-bond acceptors (Lipinski definition) is 3. The van der Waals surface area contributed by atoms with Crippen molar-refractivity contribution in [3.05, 3.63) is 52.3 Å². The quantitative estimate of drug-likeness (QED) is 0.731. The normalized spacial score (nSPS) is 9.56. The molecule has 0 unspecified atom stereocenters. The summed E-state index contributed by atoms with van der Waals surface area (Å²) in [5.74, 6) is 0. The monoisotopic (exact) mass is 253 g/mol. The van der Waals surface area contributed by atoms with Crippen LogP contribution in [0.4, 0.5) is 0 Å². The molecule has 2 rings (SSSR count). The molecule has 3 nitrogen and oxygen atoms in total. The molecule has 0 aliphatic rings. The third-order valence-electron chi connectivity index (χ3n) is 2.62. The van der Waals surface area contributed by atoms with E-state index in [-0.39, 0.29) is 16.3 Å². The van der Waals surface area contributed by atoms with Crippen molar-refractivity contribution in [2.45, 2.75) is 6.92 Å². The van der Waals surface area contributed by atoms with Crippen LogP contribution >= 0.6 is 11.6 Å². The van der Waals surface area contributed by atoms with Crippen molar-refractivity contribution in [2.75, 3.05) is 0 Å². The molecule has 1 aromatic carbocycles. The van der Waals surface area contributed by atoms with Gasteiger partial charge in [0.15, 0.2) is 0 Å². The summed E-state index contributed by atoms with van der Waals surface area (Å²) in [5, 5.41) is 18.4. The Labute approximate surface area is 110 Å². The highest BCUT2D eigenvalue weighted by atomic mass is 35.5. The fraction of sp³-hybridized carbons (Fsp3) is 0.0714. The fourth-order valence-corrected chi connectivity index (χ4v) is 2.10. The highest BCUT2D eigenvalue weighted by molar-refractivity contribution is 6.30. The van der Waals surface area contributed by atoms with Gasteiger partial charge in [0.2, 0.25) is 0 Å². The van der Waals surface area contributed by atoms with Crippen molar-refractivity contribution < 1.29 is 0 Å². The van der Waals surface area contributed by atoms with Gasteiger partial charge < -0.3 is 0 Å². The third kappa shape index (κ3) is 1.93. The van der Waals surface area contributed by atoms with Crippen LogP contribution in [0.5, 0.6) is 0 Å². The largest absolute Gasteiger partial charge is 0.239 e. The lowest BCUT2D eigenvalue weighted by atomic mass is 9.96. The lowest BCUT2D eigenvalue weighted by Crippen LogP contribution is -1.98.